The first-order chi connectivity index (χ1) is 14.3. The quantitative estimate of drug-likeness (QED) is 0.600. The van der Waals surface area contributed by atoms with Crippen LogP contribution in [0.2, 0.25) is 5.02 Å². The van der Waals surface area contributed by atoms with Crippen molar-refractivity contribution in [2.75, 3.05) is 20.1 Å². The molecule has 164 valence electrons. The standard InChI is InChI=1S/C11H14ClNO.C9H12N2O5/c12-9-6-7-11(13-8-9)14-10-4-2-1-3-5-10;1-11-3-2-5(12)7(9(11)16)8(15)10-4-6(13)14/h6-8,10H,1-5H2;12H,2-4H2,1H3,(H,10,15)(H,13,14). The molecule has 1 aromatic heterocycles. The molecule has 3 N–H and O–H groups in total. The molecule has 0 radical (unpaired) electrons. The Morgan fingerprint density at radius 2 is 2.00 bits per heavy atom. The summed E-state index contributed by atoms with van der Waals surface area (Å²) in [5.74, 6) is -2.29. The number of likely N-dealkylation sites (N-methyl/N-ethyl adjacent to an activating group) is 1. The number of pyridine rings is 1. The molecule has 0 spiro atoms. The van der Waals surface area contributed by atoms with E-state index in [-0.39, 0.29) is 17.8 Å². The molecule has 1 aromatic rings. The number of aromatic nitrogens is 1. The summed E-state index contributed by atoms with van der Waals surface area (Å²) < 4.78 is 5.74. The highest BCUT2D eigenvalue weighted by Gasteiger charge is 2.30. The van der Waals surface area contributed by atoms with Gasteiger partial charge in [0.25, 0.3) is 11.8 Å². The molecule has 2 amide bonds. The van der Waals surface area contributed by atoms with Gasteiger partial charge < -0.3 is 25.2 Å². The van der Waals surface area contributed by atoms with Crippen LogP contribution in [0.15, 0.2) is 29.7 Å². The van der Waals surface area contributed by atoms with Crippen LogP contribution in [-0.2, 0) is 14.4 Å². The lowest BCUT2D eigenvalue weighted by Gasteiger charge is -2.23. The van der Waals surface area contributed by atoms with Crippen LogP contribution >= 0.6 is 11.6 Å². The molecule has 0 saturated heterocycles. The van der Waals surface area contributed by atoms with E-state index in [1.54, 1.807) is 6.20 Å². The number of amides is 2. The van der Waals surface area contributed by atoms with Crippen molar-refractivity contribution in [3.63, 3.8) is 0 Å². The second-order valence-corrected chi connectivity index (χ2v) is 7.50. The van der Waals surface area contributed by atoms with E-state index in [1.165, 1.54) is 31.2 Å². The molecule has 0 aromatic carbocycles. The Bertz CT molecular complexity index is 790. The van der Waals surface area contributed by atoms with Gasteiger partial charge in [0.1, 0.15) is 24.0 Å². The fourth-order valence-electron chi connectivity index (χ4n) is 3.07. The topological polar surface area (TPSA) is 129 Å². The Morgan fingerprint density at radius 3 is 2.60 bits per heavy atom. The summed E-state index contributed by atoms with van der Waals surface area (Å²) in [5.41, 5.74) is -0.380. The predicted octanol–water partition coefficient (Wildman–Crippen LogP) is 2.31. The summed E-state index contributed by atoms with van der Waals surface area (Å²) in [4.78, 5) is 38.6. The number of rotatable bonds is 5. The maximum Gasteiger partial charge on any atom is 0.322 e. The normalized spacial score (nSPS) is 17.1. The van der Waals surface area contributed by atoms with Gasteiger partial charge in [-0.2, -0.15) is 0 Å². The van der Waals surface area contributed by atoms with Crippen LogP contribution in [-0.4, -0.2) is 64.1 Å². The fraction of sp³-hybridized carbons (Fsp3) is 0.500. The number of halogens is 1. The van der Waals surface area contributed by atoms with Crippen molar-refractivity contribution in [1.29, 1.82) is 0 Å². The van der Waals surface area contributed by atoms with Gasteiger partial charge >= 0.3 is 5.97 Å². The number of ether oxygens (including phenoxy) is 1. The number of aliphatic carboxylic acids is 1. The summed E-state index contributed by atoms with van der Waals surface area (Å²) in [6, 6.07) is 3.64. The number of carbonyl (C=O) groups excluding carboxylic acids is 2. The van der Waals surface area contributed by atoms with E-state index in [4.69, 9.17) is 21.4 Å². The average Bonchev–Trinajstić information content (AvgIpc) is 2.72. The molecule has 2 aliphatic rings. The number of aliphatic hydroxyl groups is 1. The lowest BCUT2D eigenvalue weighted by molar-refractivity contribution is -0.138. The number of hydrogen-bond donors (Lipinski definition) is 3. The van der Waals surface area contributed by atoms with Crippen molar-refractivity contribution in [2.45, 2.75) is 44.6 Å². The third-order valence-electron chi connectivity index (χ3n) is 4.70. The zero-order valence-electron chi connectivity index (χ0n) is 16.8. The van der Waals surface area contributed by atoms with E-state index in [1.807, 2.05) is 17.4 Å². The van der Waals surface area contributed by atoms with E-state index in [9.17, 15) is 19.5 Å². The molecule has 1 fully saturated rings. The molecule has 2 heterocycles. The van der Waals surface area contributed by atoms with Gasteiger partial charge in [-0.3, -0.25) is 14.4 Å². The molecular weight excluding hydrogens is 414 g/mol. The highest BCUT2D eigenvalue weighted by Crippen LogP contribution is 2.22. The van der Waals surface area contributed by atoms with Gasteiger partial charge in [-0.1, -0.05) is 18.0 Å². The first kappa shape index (κ1) is 23.5. The van der Waals surface area contributed by atoms with E-state index in [0.717, 1.165) is 12.8 Å². The predicted molar refractivity (Wildman–Crippen MR) is 109 cm³/mol. The van der Waals surface area contributed by atoms with E-state index in [0.29, 0.717) is 23.6 Å². The molecule has 10 heteroatoms. The van der Waals surface area contributed by atoms with Crippen LogP contribution < -0.4 is 10.1 Å². The molecule has 30 heavy (non-hydrogen) atoms. The van der Waals surface area contributed by atoms with Crippen LogP contribution in [0, 0.1) is 0 Å². The summed E-state index contributed by atoms with van der Waals surface area (Å²) in [5, 5.41) is 20.5. The number of carboxylic acids is 1. The molecular formula is C20H26ClN3O6. The zero-order chi connectivity index (χ0) is 22.1. The third kappa shape index (κ3) is 7.22. The van der Waals surface area contributed by atoms with Crippen LogP contribution in [0.1, 0.15) is 38.5 Å². The van der Waals surface area contributed by atoms with Crippen molar-refractivity contribution in [3.8, 4) is 5.88 Å². The van der Waals surface area contributed by atoms with Gasteiger partial charge in [-0.25, -0.2) is 4.98 Å². The number of aliphatic hydroxyl groups excluding tert-OH is 1. The van der Waals surface area contributed by atoms with Crippen molar-refractivity contribution < 1.29 is 29.3 Å². The van der Waals surface area contributed by atoms with Gasteiger partial charge in [0.05, 0.1) is 5.02 Å². The Kier molecular flexibility index (Phi) is 8.91. The van der Waals surface area contributed by atoms with Gasteiger partial charge in [0.2, 0.25) is 5.88 Å². The SMILES string of the molecule is CN1CCC(O)=C(C(=O)NCC(=O)O)C1=O.Clc1ccc(OC2CCCCC2)nc1. The summed E-state index contributed by atoms with van der Waals surface area (Å²) in [6.45, 7) is -0.257. The van der Waals surface area contributed by atoms with Crippen LogP contribution in [0.3, 0.4) is 0 Å². The minimum absolute atomic E-state index is 0.193. The van der Waals surface area contributed by atoms with Crippen molar-refractivity contribution in [1.82, 2.24) is 15.2 Å². The lowest BCUT2D eigenvalue weighted by Crippen LogP contribution is -2.41. The monoisotopic (exact) mass is 439 g/mol. The van der Waals surface area contributed by atoms with Gasteiger partial charge in [0.15, 0.2) is 0 Å². The smallest absolute Gasteiger partial charge is 0.322 e. The minimum Gasteiger partial charge on any atom is -0.511 e. The third-order valence-corrected chi connectivity index (χ3v) is 4.92. The molecule has 0 unspecified atom stereocenters. The van der Waals surface area contributed by atoms with Crippen molar-refractivity contribution >= 4 is 29.4 Å². The highest BCUT2D eigenvalue weighted by molar-refractivity contribution is 6.30. The second kappa shape index (κ2) is 11.4. The molecule has 3 rings (SSSR count). The van der Waals surface area contributed by atoms with E-state index < -0.39 is 24.3 Å². The van der Waals surface area contributed by atoms with Crippen molar-refractivity contribution in [2.24, 2.45) is 0 Å². The average molecular weight is 440 g/mol. The molecule has 1 saturated carbocycles. The summed E-state index contributed by atoms with van der Waals surface area (Å²) in [7, 11) is 1.50. The summed E-state index contributed by atoms with van der Waals surface area (Å²) >= 11 is 5.74. The molecule has 0 bridgehead atoms. The number of carbonyl (C=O) groups is 3. The Hall–Kier alpha value is -2.81. The van der Waals surface area contributed by atoms with E-state index in [2.05, 4.69) is 4.98 Å². The highest BCUT2D eigenvalue weighted by atomic mass is 35.5. The molecule has 9 nitrogen and oxygen atoms in total. The molecule has 1 aliphatic heterocycles. The summed E-state index contributed by atoms with van der Waals surface area (Å²) in [6.07, 6.45) is 8.38. The number of nitrogens with one attached hydrogen (secondary N) is 1. The Morgan fingerprint density at radius 1 is 1.30 bits per heavy atom. The fourth-order valence-corrected chi connectivity index (χ4v) is 3.18. The maximum absolute atomic E-state index is 11.5. The van der Waals surface area contributed by atoms with Crippen molar-refractivity contribution in [3.05, 3.63) is 34.7 Å². The number of hydrogen-bond acceptors (Lipinski definition) is 6. The molecule has 1 aliphatic carbocycles. The maximum atomic E-state index is 11.5. The lowest BCUT2D eigenvalue weighted by atomic mass is 9.98. The van der Waals surface area contributed by atoms with Gasteiger partial charge in [-0.15, -0.1) is 0 Å². The number of carboxylic acid groups (broad SMARTS) is 1. The zero-order valence-corrected chi connectivity index (χ0v) is 17.5. The van der Waals surface area contributed by atoms with Crippen LogP contribution in [0.25, 0.3) is 0 Å². The van der Waals surface area contributed by atoms with Crippen LogP contribution in [0.5, 0.6) is 5.88 Å². The number of nitrogens with zero attached hydrogens (tertiary/aromatic N) is 2. The van der Waals surface area contributed by atoms with Gasteiger partial charge in [-0.05, 0) is 31.7 Å². The van der Waals surface area contributed by atoms with Crippen LogP contribution in [0.4, 0.5) is 0 Å². The Labute approximate surface area is 179 Å². The molecule has 0 atom stereocenters. The second-order valence-electron chi connectivity index (χ2n) is 7.07. The largest absolute Gasteiger partial charge is 0.511 e. The Balaban J connectivity index is 0.000000215. The first-order valence-electron chi connectivity index (χ1n) is 9.73. The van der Waals surface area contributed by atoms with E-state index >= 15 is 0 Å². The van der Waals surface area contributed by atoms with Gasteiger partial charge in [0, 0.05) is 32.3 Å². The minimum atomic E-state index is -1.22. The first-order valence-corrected chi connectivity index (χ1v) is 10.1.